The SMILES string of the molecule is Cn1cc(CN2CCO[C@@]3(CCCN(c4cccc(C#N)n4)C3)C2)cn1. The Labute approximate surface area is 153 Å². The molecule has 0 saturated carbocycles. The number of piperidine rings is 1. The van der Waals surface area contributed by atoms with Crippen molar-refractivity contribution in [1.82, 2.24) is 19.7 Å². The van der Waals surface area contributed by atoms with Crippen LogP contribution >= 0.6 is 0 Å². The molecule has 0 bridgehead atoms. The number of nitrogens with zero attached hydrogens (tertiary/aromatic N) is 6. The number of hydrogen-bond donors (Lipinski definition) is 0. The quantitative estimate of drug-likeness (QED) is 0.835. The van der Waals surface area contributed by atoms with E-state index >= 15 is 0 Å². The lowest BCUT2D eigenvalue weighted by atomic mass is 9.90. The number of morpholine rings is 1. The van der Waals surface area contributed by atoms with Gasteiger partial charge in [0.2, 0.25) is 0 Å². The molecule has 4 rings (SSSR count). The van der Waals surface area contributed by atoms with E-state index in [0.29, 0.717) is 5.69 Å². The predicted octanol–water partition coefficient (Wildman–Crippen LogP) is 1.56. The lowest BCUT2D eigenvalue weighted by Crippen LogP contribution is -2.59. The van der Waals surface area contributed by atoms with Gasteiger partial charge in [0.1, 0.15) is 17.6 Å². The number of aryl methyl sites for hydroxylation is 1. The molecule has 2 aromatic heterocycles. The lowest BCUT2D eigenvalue weighted by Gasteiger charge is -2.48. The molecule has 0 aliphatic carbocycles. The van der Waals surface area contributed by atoms with Crippen LogP contribution in [0.4, 0.5) is 5.82 Å². The smallest absolute Gasteiger partial charge is 0.142 e. The van der Waals surface area contributed by atoms with E-state index in [1.807, 2.05) is 30.1 Å². The minimum Gasteiger partial charge on any atom is -0.370 e. The fourth-order valence-electron chi connectivity index (χ4n) is 4.07. The van der Waals surface area contributed by atoms with Gasteiger partial charge in [0.05, 0.1) is 18.4 Å². The summed E-state index contributed by atoms with van der Waals surface area (Å²) in [7, 11) is 1.95. The van der Waals surface area contributed by atoms with Crippen LogP contribution in [0.15, 0.2) is 30.6 Å². The second-order valence-corrected chi connectivity index (χ2v) is 7.28. The molecular weight excluding hydrogens is 328 g/mol. The van der Waals surface area contributed by atoms with Gasteiger partial charge in [0.25, 0.3) is 0 Å². The van der Waals surface area contributed by atoms with Gasteiger partial charge in [-0.3, -0.25) is 9.58 Å². The van der Waals surface area contributed by atoms with Crippen LogP contribution in [0.25, 0.3) is 0 Å². The molecule has 2 saturated heterocycles. The first-order valence-electron chi connectivity index (χ1n) is 9.12. The summed E-state index contributed by atoms with van der Waals surface area (Å²) in [5.74, 6) is 0.871. The fourth-order valence-corrected chi connectivity index (χ4v) is 4.07. The number of hydrogen-bond acceptors (Lipinski definition) is 6. The standard InChI is InChI=1S/C19H24N6O/c1-23-12-16(11-21-23)13-24-8-9-26-19(14-24)6-3-7-25(15-19)18-5-2-4-17(10-20)22-18/h2,4-5,11-12H,3,6-9,13-15H2,1H3/t19-/m0/s1. The summed E-state index contributed by atoms with van der Waals surface area (Å²) in [6.07, 6.45) is 6.14. The largest absolute Gasteiger partial charge is 0.370 e. The topological polar surface area (TPSA) is 70.2 Å². The summed E-state index contributed by atoms with van der Waals surface area (Å²) >= 11 is 0. The van der Waals surface area contributed by atoms with Gasteiger partial charge < -0.3 is 9.64 Å². The van der Waals surface area contributed by atoms with Gasteiger partial charge in [-0.1, -0.05) is 6.07 Å². The average molecular weight is 352 g/mol. The third kappa shape index (κ3) is 3.57. The Hall–Kier alpha value is -2.43. The van der Waals surface area contributed by atoms with Crippen molar-refractivity contribution in [3.63, 3.8) is 0 Å². The maximum Gasteiger partial charge on any atom is 0.142 e. The fraction of sp³-hybridized carbons (Fsp3) is 0.526. The maximum atomic E-state index is 9.11. The molecule has 7 nitrogen and oxygen atoms in total. The van der Waals surface area contributed by atoms with Gasteiger partial charge in [0.15, 0.2) is 0 Å². The van der Waals surface area contributed by atoms with Gasteiger partial charge in [-0.05, 0) is 25.0 Å². The predicted molar refractivity (Wildman–Crippen MR) is 97.6 cm³/mol. The second kappa shape index (κ2) is 7.06. The Kier molecular flexibility index (Phi) is 4.62. The zero-order valence-electron chi connectivity index (χ0n) is 15.1. The molecule has 0 N–H and O–H groups in total. The van der Waals surface area contributed by atoms with E-state index in [1.165, 1.54) is 5.56 Å². The number of ether oxygens (including phenoxy) is 1. The number of rotatable bonds is 3. The molecule has 0 unspecified atom stereocenters. The molecule has 2 aromatic rings. The lowest BCUT2D eigenvalue weighted by molar-refractivity contribution is -0.116. The number of aromatic nitrogens is 3. The van der Waals surface area contributed by atoms with Crippen molar-refractivity contribution >= 4 is 5.82 Å². The first kappa shape index (κ1) is 17.0. The molecule has 2 aliphatic rings. The zero-order valence-corrected chi connectivity index (χ0v) is 15.1. The molecule has 4 heterocycles. The monoisotopic (exact) mass is 352 g/mol. The van der Waals surface area contributed by atoms with Crippen LogP contribution in [0.5, 0.6) is 0 Å². The van der Waals surface area contributed by atoms with Crippen molar-refractivity contribution in [3.8, 4) is 6.07 Å². The Morgan fingerprint density at radius 3 is 3.04 bits per heavy atom. The molecule has 1 atom stereocenters. The summed E-state index contributed by atoms with van der Waals surface area (Å²) in [5, 5.41) is 13.4. The van der Waals surface area contributed by atoms with Crippen LogP contribution in [0.3, 0.4) is 0 Å². The Morgan fingerprint density at radius 2 is 2.23 bits per heavy atom. The first-order chi connectivity index (χ1) is 12.7. The molecule has 136 valence electrons. The van der Waals surface area contributed by atoms with E-state index in [1.54, 1.807) is 6.07 Å². The molecule has 1 spiro atoms. The summed E-state index contributed by atoms with van der Waals surface area (Å²) < 4.78 is 8.14. The van der Waals surface area contributed by atoms with Crippen molar-refractivity contribution < 1.29 is 4.74 Å². The van der Waals surface area contributed by atoms with Gasteiger partial charge in [0, 0.05) is 51.5 Å². The van der Waals surface area contributed by atoms with E-state index in [0.717, 1.165) is 58.0 Å². The highest BCUT2D eigenvalue weighted by molar-refractivity contribution is 5.42. The first-order valence-corrected chi connectivity index (χ1v) is 9.12. The average Bonchev–Trinajstić information content (AvgIpc) is 3.06. The van der Waals surface area contributed by atoms with Crippen molar-refractivity contribution in [2.45, 2.75) is 25.0 Å². The van der Waals surface area contributed by atoms with E-state index in [9.17, 15) is 0 Å². The van der Waals surface area contributed by atoms with Crippen LogP contribution < -0.4 is 4.90 Å². The van der Waals surface area contributed by atoms with Crippen LogP contribution in [0.1, 0.15) is 24.1 Å². The van der Waals surface area contributed by atoms with E-state index in [2.05, 4.69) is 32.1 Å². The Bertz CT molecular complexity index is 808. The van der Waals surface area contributed by atoms with Crippen LogP contribution in [0.2, 0.25) is 0 Å². The normalized spacial score (nSPS) is 23.9. The number of anilines is 1. The highest BCUT2D eigenvalue weighted by Gasteiger charge is 2.40. The maximum absolute atomic E-state index is 9.11. The van der Waals surface area contributed by atoms with Crippen LogP contribution in [-0.2, 0) is 18.3 Å². The molecule has 0 amide bonds. The molecule has 2 aliphatic heterocycles. The van der Waals surface area contributed by atoms with Crippen molar-refractivity contribution in [2.24, 2.45) is 7.05 Å². The highest BCUT2D eigenvalue weighted by Crippen LogP contribution is 2.31. The molecule has 7 heteroatoms. The molecule has 0 aromatic carbocycles. The molecule has 2 fully saturated rings. The molecule has 26 heavy (non-hydrogen) atoms. The minimum absolute atomic E-state index is 0.164. The molecule has 0 radical (unpaired) electrons. The van der Waals surface area contributed by atoms with Crippen molar-refractivity contribution in [3.05, 3.63) is 41.9 Å². The summed E-state index contributed by atoms with van der Waals surface area (Å²) in [6.45, 7) is 5.28. The highest BCUT2D eigenvalue weighted by atomic mass is 16.5. The molecular formula is C19H24N6O. The van der Waals surface area contributed by atoms with E-state index in [-0.39, 0.29) is 5.60 Å². The Morgan fingerprint density at radius 1 is 1.31 bits per heavy atom. The van der Waals surface area contributed by atoms with E-state index < -0.39 is 0 Å². The van der Waals surface area contributed by atoms with E-state index in [4.69, 9.17) is 10.00 Å². The summed E-state index contributed by atoms with van der Waals surface area (Å²) in [4.78, 5) is 9.19. The van der Waals surface area contributed by atoms with Gasteiger partial charge in [-0.15, -0.1) is 0 Å². The number of pyridine rings is 1. The van der Waals surface area contributed by atoms with Gasteiger partial charge in [-0.25, -0.2) is 4.98 Å². The van der Waals surface area contributed by atoms with Crippen molar-refractivity contribution in [2.75, 3.05) is 37.7 Å². The third-order valence-electron chi connectivity index (χ3n) is 5.20. The van der Waals surface area contributed by atoms with Crippen LogP contribution in [0, 0.1) is 11.3 Å². The van der Waals surface area contributed by atoms with Gasteiger partial charge in [-0.2, -0.15) is 10.4 Å². The zero-order chi connectivity index (χ0) is 18.0. The number of nitriles is 1. The van der Waals surface area contributed by atoms with Crippen molar-refractivity contribution in [1.29, 1.82) is 5.26 Å². The van der Waals surface area contributed by atoms with Gasteiger partial charge >= 0.3 is 0 Å². The third-order valence-corrected chi connectivity index (χ3v) is 5.20. The summed E-state index contributed by atoms with van der Waals surface area (Å²) in [5.41, 5.74) is 1.54. The summed E-state index contributed by atoms with van der Waals surface area (Å²) in [6, 6.07) is 7.76. The van der Waals surface area contributed by atoms with Crippen LogP contribution in [-0.4, -0.2) is 58.1 Å². The Balaban J connectivity index is 1.47. The second-order valence-electron chi connectivity index (χ2n) is 7.28. The minimum atomic E-state index is -0.164.